The second kappa shape index (κ2) is 7.74. The van der Waals surface area contributed by atoms with Crippen molar-refractivity contribution in [1.82, 2.24) is 4.98 Å². The highest BCUT2D eigenvalue weighted by Gasteiger charge is 2.15. The molecule has 0 saturated carbocycles. The Hall–Kier alpha value is -1.62. The molecule has 5 heteroatoms. The summed E-state index contributed by atoms with van der Waals surface area (Å²) in [4.78, 5) is 18.1. The predicted octanol–water partition coefficient (Wildman–Crippen LogP) is 2.04. The van der Waals surface area contributed by atoms with Crippen molar-refractivity contribution in [3.63, 3.8) is 0 Å². The first-order chi connectivity index (χ1) is 9.20. The van der Waals surface area contributed by atoms with Crippen molar-refractivity contribution in [2.24, 2.45) is 0 Å². The van der Waals surface area contributed by atoms with E-state index >= 15 is 0 Å². The van der Waals surface area contributed by atoms with Crippen LogP contribution in [0.2, 0.25) is 0 Å². The maximum Gasteiger partial charge on any atom is 0.338 e. The van der Waals surface area contributed by atoms with Gasteiger partial charge in [-0.25, -0.2) is 9.78 Å². The normalized spacial score (nSPS) is 14.4. The van der Waals surface area contributed by atoms with E-state index in [4.69, 9.17) is 9.47 Å². The fourth-order valence-corrected chi connectivity index (χ4v) is 1.84. The Morgan fingerprint density at radius 1 is 1.32 bits per heavy atom. The Morgan fingerprint density at radius 2 is 1.95 bits per heavy atom. The van der Waals surface area contributed by atoms with Crippen LogP contribution in [0.25, 0.3) is 0 Å². The smallest absolute Gasteiger partial charge is 0.338 e. The third-order valence-electron chi connectivity index (χ3n) is 2.70. The monoisotopic (exact) mass is 266 g/mol. The lowest BCUT2D eigenvalue weighted by atomic mass is 10.2. The lowest BCUT2D eigenvalue weighted by Crippen LogP contribution is -2.37. The molecule has 2 rings (SSSR count). The molecular formula is C14H22N2O3. The molecule has 1 saturated heterocycles. The van der Waals surface area contributed by atoms with E-state index in [1.807, 2.05) is 20.8 Å². The zero-order valence-corrected chi connectivity index (χ0v) is 12.1. The molecule has 0 atom stereocenters. The number of pyridine rings is 1. The van der Waals surface area contributed by atoms with E-state index in [0.29, 0.717) is 18.8 Å². The number of anilines is 1. The number of carbonyl (C=O) groups is 1. The molecule has 0 N–H and O–H groups in total. The van der Waals surface area contributed by atoms with Crippen LogP contribution in [0.4, 0.5) is 5.82 Å². The molecule has 0 radical (unpaired) electrons. The summed E-state index contributed by atoms with van der Waals surface area (Å²) in [5.41, 5.74) is 1.36. The summed E-state index contributed by atoms with van der Waals surface area (Å²) in [6.07, 6.45) is 0. The van der Waals surface area contributed by atoms with Gasteiger partial charge in [-0.3, -0.25) is 0 Å². The molecule has 0 amide bonds. The zero-order chi connectivity index (χ0) is 14.3. The van der Waals surface area contributed by atoms with E-state index in [2.05, 4.69) is 9.88 Å². The van der Waals surface area contributed by atoms with Crippen LogP contribution in [0.15, 0.2) is 12.1 Å². The SMILES string of the molecule is CC.COC(=O)c1cc(C)nc(N2CCOCC2)c1. The van der Waals surface area contributed by atoms with Gasteiger partial charge in [0.15, 0.2) is 0 Å². The first-order valence-electron chi connectivity index (χ1n) is 6.60. The number of esters is 1. The molecule has 1 aliphatic heterocycles. The van der Waals surface area contributed by atoms with Gasteiger partial charge in [-0.15, -0.1) is 0 Å². The third kappa shape index (κ3) is 4.21. The van der Waals surface area contributed by atoms with Crippen molar-refractivity contribution >= 4 is 11.8 Å². The van der Waals surface area contributed by atoms with Crippen LogP contribution in [0.5, 0.6) is 0 Å². The molecule has 5 nitrogen and oxygen atoms in total. The minimum atomic E-state index is -0.329. The van der Waals surface area contributed by atoms with Crippen LogP contribution in [0.3, 0.4) is 0 Å². The second-order valence-electron chi connectivity index (χ2n) is 3.95. The lowest BCUT2D eigenvalue weighted by molar-refractivity contribution is 0.0600. The third-order valence-corrected chi connectivity index (χ3v) is 2.70. The van der Waals surface area contributed by atoms with Crippen molar-refractivity contribution in [2.45, 2.75) is 20.8 Å². The Labute approximate surface area is 114 Å². The quantitative estimate of drug-likeness (QED) is 0.767. The molecule has 0 unspecified atom stereocenters. The van der Waals surface area contributed by atoms with E-state index in [1.165, 1.54) is 7.11 Å². The maximum absolute atomic E-state index is 11.5. The van der Waals surface area contributed by atoms with E-state index in [1.54, 1.807) is 12.1 Å². The summed E-state index contributed by atoms with van der Waals surface area (Å²) in [6, 6.07) is 3.50. The van der Waals surface area contributed by atoms with Crippen molar-refractivity contribution in [2.75, 3.05) is 38.3 Å². The lowest BCUT2D eigenvalue weighted by Gasteiger charge is -2.28. The van der Waals surface area contributed by atoms with Gasteiger partial charge in [0.1, 0.15) is 5.82 Å². The highest BCUT2D eigenvalue weighted by molar-refractivity contribution is 5.90. The largest absolute Gasteiger partial charge is 0.465 e. The van der Waals surface area contributed by atoms with Crippen LogP contribution < -0.4 is 4.90 Å². The van der Waals surface area contributed by atoms with Crippen LogP contribution >= 0.6 is 0 Å². The predicted molar refractivity (Wildman–Crippen MR) is 74.7 cm³/mol. The Morgan fingerprint density at radius 3 is 2.53 bits per heavy atom. The van der Waals surface area contributed by atoms with Gasteiger partial charge >= 0.3 is 5.97 Å². The number of morpholine rings is 1. The molecular weight excluding hydrogens is 244 g/mol. The summed E-state index contributed by atoms with van der Waals surface area (Å²) in [5.74, 6) is 0.485. The first-order valence-corrected chi connectivity index (χ1v) is 6.60. The van der Waals surface area contributed by atoms with Crippen molar-refractivity contribution in [3.05, 3.63) is 23.4 Å². The Bertz CT molecular complexity index is 415. The Balaban J connectivity index is 0.000000861. The standard InChI is InChI=1S/C12H16N2O3.C2H6/c1-9-7-10(12(15)16-2)8-11(13-9)14-3-5-17-6-4-14;1-2/h7-8H,3-6H2,1-2H3;1-2H3. The van der Waals surface area contributed by atoms with Gasteiger partial charge in [0.2, 0.25) is 0 Å². The molecule has 106 valence electrons. The van der Waals surface area contributed by atoms with E-state index in [-0.39, 0.29) is 5.97 Å². The van der Waals surface area contributed by atoms with E-state index in [9.17, 15) is 4.79 Å². The number of hydrogen-bond acceptors (Lipinski definition) is 5. The molecule has 0 aliphatic carbocycles. The first kappa shape index (κ1) is 15.4. The van der Waals surface area contributed by atoms with Crippen molar-refractivity contribution < 1.29 is 14.3 Å². The summed E-state index contributed by atoms with van der Waals surface area (Å²) < 4.78 is 10.0. The molecule has 0 bridgehead atoms. The summed E-state index contributed by atoms with van der Waals surface area (Å²) >= 11 is 0. The minimum absolute atomic E-state index is 0.329. The fraction of sp³-hybridized carbons (Fsp3) is 0.571. The van der Waals surface area contributed by atoms with Gasteiger partial charge < -0.3 is 14.4 Å². The van der Waals surface area contributed by atoms with Crippen LogP contribution in [0, 0.1) is 6.92 Å². The van der Waals surface area contributed by atoms with Crippen molar-refractivity contribution in [1.29, 1.82) is 0 Å². The van der Waals surface area contributed by atoms with Gasteiger partial charge in [0.05, 0.1) is 25.9 Å². The van der Waals surface area contributed by atoms with Gasteiger partial charge in [-0.1, -0.05) is 13.8 Å². The van der Waals surface area contributed by atoms with Gasteiger partial charge in [0, 0.05) is 18.8 Å². The number of hydrogen-bond donors (Lipinski definition) is 0. The molecule has 19 heavy (non-hydrogen) atoms. The molecule has 0 aromatic carbocycles. The average Bonchev–Trinajstić information content (AvgIpc) is 2.48. The van der Waals surface area contributed by atoms with E-state index < -0.39 is 0 Å². The van der Waals surface area contributed by atoms with Gasteiger partial charge in [-0.05, 0) is 19.1 Å². The van der Waals surface area contributed by atoms with Crippen LogP contribution in [-0.2, 0) is 9.47 Å². The maximum atomic E-state index is 11.5. The second-order valence-corrected chi connectivity index (χ2v) is 3.95. The number of methoxy groups -OCH3 is 1. The van der Waals surface area contributed by atoms with Crippen molar-refractivity contribution in [3.8, 4) is 0 Å². The zero-order valence-electron chi connectivity index (χ0n) is 12.1. The highest BCUT2D eigenvalue weighted by atomic mass is 16.5. The summed E-state index contributed by atoms with van der Waals surface area (Å²) in [5, 5.41) is 0. The molecule has 1 aliphatic rings. The number of ether oxygens (including phenoxy) is 2. The topological polar surface area (TPSA) is 51.7 Å². The minimum Gasteiger partial charge on any atom is -0.465 e. The molecule has 2 heterocycles. The Kier molecular flexibility index (Phi) is 6.29. The van der Waals surface area contributed by atoms with Crippen LogP contribution in [0.1, 0.15) is 29.9 Å². The molecule has 1 fully saturated rings. The average molecular weight is 266 g/mol. The number of aryl methyl sites for hydroxylation is 1. The molecule has 1 aromatic heterocycles. The number of aromatic nitrogens is 1. The number of carbonyl (C=O) groups excluding carboxylic acids is 1. The highest BCUT2D eigenvalue weighted by Crippen LogP contribution is 2.16. The van der Waals surface area contributed by atoms with Gasteiger partial charge in [-0.2, -0.15) is 0 Å². The molecule has 0 spiro atoms. The fourth-order valence-electron chi connectivity index (χ4n) is 1.84. The number of rotatable bonds is 2. The molecule has 1 aromatic rings. The van der Waals surface area contributed by atoms with Gasteiger partial charge in [0.25, 0.3) is 0 Å². The van der Waals surface area contributed by atoms with Crippen LogP contribution in [-0.4, -0.2) is 44.4 Å². The number of nitrogens with zero attached hydrogens (tertiary/aromatic N) is 2. The van der Waals surface area contributed by atoms with E-state index in [0.717, 1.165) is 24.6 Å². The summed E-state index contributed by atoms with van der Waals surface area (Å²) in [7, 11) is 1.38. The summed E-state index contributed by atoms with van der Waals surface area (Å²) in [6.45, 7) is 8.87.